The standard InChI is InChI=1S/C30H32FN7O2S/c1-5-23-27(35(4)29-34-25(24(13-32)41-29)20-6-8-21(31)9-7-20)38-14-22(12-18(2)26(38)33-23)37-16-30(17-37)10-11-36(15-30)28(40)19(3)39/h6-9,12,14,19,39H,5,10-11,15-17H2,1-4H3/t19-/m0/s1. The number of fused-ring (bicyclic) bond motifs is 1. The number of aryl methyl sites for hydroxylation is 2. The molecular formula is C30H32FN7O2S. The molecule has 4 aromatic rings. The summed E-state index contributed by atoms with van der Waals surface area (Å²) < 4.78 is 15.6. The van der Waals surface area contributed by atoms with Gasteiger partial charge in [-0.25, -0.2) is 14.4 Å². The number of amides is 1. The molecule has 2 fully saturated rings. The molecule has 1 atom stereocenters. The van der Waals surface area contributed by atoms with Crippen molar-refractivity contribution in [1.82, 2.24) is 19.3 Å². The van der Waals surface area contributed by atoms with Crippen LogP contribution in [0.4, 0.5) is 21.0 Å². The first-order valence-electron chi connectivity index (χ1n) is 13.8. The molecule has 5 heterocycles. The number of nitrogens with zero attached hydrogens (tertiary/aromatic N) is 7. The summed E-state index contributed by atoms with van der Waals surface area (Å²) in [7, 11) is 1.93. The topological polar surface area (TPSA) is 101 Å². The van der Waals surface area contributed by atoms with Gasteiger partial charge in [0.1, 0.15) is 40.0 Å². The van der Waals surface area contributed by atoms with Crippen molar-refractivity contribution in [2.45, 2.75) is 39.7 Å². The van der Waals surface area contributed by atoms with E-state index in [-0.39, 0.29) is 17.1 Å². The number of aromatic nitrogens is 3. The molecule has 2 aliphatic heterocycles. The Morgan fingerprint density at radius 2 is 2.00 bits per heavy atom. The van der Waals surface area contributed by atoms with Gasteiger partial charge in [-0.3, -0.25) is 9.20 Å². The number of halogens is 1. The predicted molar refractivity (Wildman–Crippen MR) is 157 cm³/mol. The molecule has 0 radical (unpaired) electrons. The van der Waals surface area contributed by atoms with Crippen LogP contribution < -0.4 is 9.80 Å². The number of aliphatic hydroxyl groups is 1. The normalized spacial score (nSPS) is 16.7. The van der Waals surface area contributed by atoms with Crippen molar-refractivity contribution < 1.29 is 14.3 Å². The summed E-state index contributed by atoms with van der Waals surface area (Å²) in [5.74, 6) is 0.359. The number of nitriles is 1. The van der Waals surface area contributed by atoms with Crippen LogP contribution in [0.1, 0.15) is 36.4 Å². The molecule has 2 saturated heterocycles. The predicted octanol–water partition coefficient (Wildman–Crippen LogP) is 4.53. The van der Waals surface area contributed by atoms with Crippen molar-refractivity contribution in [3.63, 3.8) is 0 Å². The number of pyridine rings is 1. The van der Waals surface area contributed by atoms with Crippen LogP contribution in [0, 0.1) is 29.5 Å². The summed E-state index contributed by atoms with van der Waals surface area (Å²) in [5.41, 5.74) is 5.22. The van der Waals surface area contributed by atoms with Gasteiger partial charge in [0.05, 0.1) is 11.4 Å². The van der Waals surface area contributed by atoms with Crippen molar-refractivity contribution in [3.05, 3.63) is 58.5 Å². The van der Waals surface area contributed by atoms with E-state index in [0.29, 0.717) is 34.4 Å². The molecule has 0 aliphatic carbocycles. The summed E-state index contributed by atoms with van der Waals surface area (Å²) in [6.07, 6.45) is 2.80. The van der Waals surface area contributed by atoms with E-state index >= 15 is 0 Å². The van der Waals surface area contributed by atoms with Crippen LogP contribution in [0.15, 0.2) is 36.5 Å². The maximum absolute atomic E-state index is 13.5. The SMILES string of the molecule is CCc1nc2c(C)cc(N3CC4(CCN(C(=O)[C@H](C)O)C4)C3)cn2c1N(C)c1nc(-c2ccc(F)cc2)c(C#N)s1. The number of thiazole rings is 1. The average Bonchev–Trinajstić information content (AvgIpc) is 3.67. The second-order valence-corrected chi connectivity index (χ2v) is 12.2. The number of likely N-dealkylation sites (tertiary alicyclic amines) is 1. The Bertz CT molecular complexity index is 1680. The molecule has 1 N–H and O–H groups in total. The summed E-state index contributed by atoms with van der Waals surface area (Å²) in [6, 6.07) is 10.4. The van der Waals surface area contributed by atoms with Crippen LogP contribution >= 0.6 is 11.3 Å². The Labute approximate surface area is 242 Å². The minimum absolute atomic E-state index is 0.0574. The van der Waals surface area contributed by atoms with Crippen LogP contribution in [0.3, 0.4) is 0 Å². The Morgan fingerprint density at radius 1 is 1.27 bits per heavy atom. The van der Waals surface area contributed by atoms with Gasteiger partial charge in [0.25, 0.3) is 5.91 Å². The van der Waals surface area contributed by atoms with Gasteiger partial charge >= 0.3 is 0 Å². The molecule has 6 rings (SSSR count). The first kappa shape index (κ1) is 27.2. The molecule has 2 aliphatic rings. The zero-order chi connectivity index (χ0) is 29.1. The van der Waals surface area contributed by atoms with Gasteiger partial charge in [0, 0.05) is 50.4 Å². The third kappa shape index (κ3) is 4.61. The van der Waals surface area contributed by atoms with E-state index in [1.807, 2.05) is 11.9 Å². The Balaban J connectivity index is 1.32. The van der Waals surface area contributed by atoms with Crippen LogP contribution in [-0.4, -0.2) is 69.6 Å². The molecular weight excluding hydrogens is 541 g/mol. The third-order valence-corrected chi connectivity index (χ3v) is 9.27. The molecule has 9 nitrogen and oxygen atoms in total. The molecule has 1 aromatic carbocycles. The summed E-state index contributed by atoms with van der Waals surface area (Å²) in [6.45, 7) is 8.72. The highest BCUT2D eigenvalue weighted by molar-refractivity contribution is 7.16. The fourth-order valence-corrected chi connectivity index (χ4v) is 6.96. The molecule has 1 amide bonds. The number of rotatable bonds is 6. The number of hydrogen-bond donors (Lipinski definition) is 1. The lowest BCUT2D eigenvalue weighted by Gasteiger charge is -2.49. The van der Waals surface area contributed by atoms with Crippen molar-refractivity contribution in [1.29, 1.82) is 5.26 Å². The summed E-state index contributed by atoms with van der Waals surface area (Å²) in [4.78, 5) is 28.6. The molecule has 0 saturated carbocycles. The minimum atomic E-state index is -0.968. The van der Waals surface area contributed by atoms with Gasteiger partial charge in [0.15, 0.2) is 5.13 Å². The first-order valence-corrected chi connectivity index (χ1v) is 14.6. The van der Waals surface area contributed by atoms with Crippen LogP contribution in [0.5, 0.6) is 0 Å². The number of anilines is 3. The van der Waals surface area contributed by atoms with Crippen molar-refractivity contribution in [2.75, 3.05) is 43.0 Å². The van der Waals surface area contributed by atoms with Crippen LogP contribution in [-0.2, 0) is 11.2 Å². The average molecular weight is 574 g/mol. The number of carbonyl (C=O) groups is 1. The van der Waals surface area contributed by atoms with Gasteiger partial charge < -0.3 is 19.8 Å². The maximum atomic E-state index is 13.5. The van der Waals surface area contributed by atoms with Crippen LogP contribution in [0.2, 0.25) is 0 Å². The monoisotopic (exact) mass is 573 g/mol. The second-order valence-electron chi connectivity index (χ2n) is 11.2. The van der Waals surface area contributed by atoms with E-state index in [1.165, 1.54) is 30.4 Å². The van der Waals surface area contributed by atoms with E-state index in [4.69, 9.17) is 9.97 Å². The van der Waals surface area contributed by atoms with Crippen molar-refractivity contribution in [2.24, 2.45) is 5.41 Å². The largest absolute Gasteiger partial charge is 0.384 e. The molecule has 3 aromatic heterocycles. The van der Waals surface area contributed by atoms with E-state index in [9.17, 15) is 19.6 Å². The lowest BCUT2D eigenvalue weighted by atomic mass is 9.79. The van der Waals surface area contributed by atoms with Gasteiger partial charge in [-0.05, 0) is 62.6 Å². The second kappa shape index (κ2) is 10.1. The van der Waals surface area contributed by atoms with Gasteiger partial charge in [-0.15, -0.1) is 0 Å². The first-order chi connectivity index (χ1) is 19.6. The molecule has 0 bridgehead atoms. The number of imidazole rings is 1. The summed E-state index contributed by atoms with van der Waals surface area (Å²) in [5, 5.41) is 20.2. The number of carbonyl (C=O) groups excluding carboxylic acids is 1. The maximum Gasteiger partial charge on any atom is 0.251 e. The quantitative estimate of drug-likeness (QED) is 0.362. The van der Waals surface area contributed by atoms with Gasteiger partial charge in [-0.2, -0.15) is 5.26 Å². The Kier molecular flexibility index (Phi) is 6.71. The number of aliphatic hydroxyl groups excluding tert-OH is 1. The van der Waals surface area contributed by atoms with E-state index in [0.717, 1.165) is 54.3 Å². The smallest absolute Gasteiger partial charge is 0.251 e. The van der Waals surface area contributed by atoms with E-state index in [1.54, 1.807) is 17.0 Å². The fourth-order valence-electron chi connectivity index (χ4n) is 6.11. The zero-order valence-corrected chi connectivity index (χ0v) is 24.4. The molecule has 0 unspecified atom stereocenters. The highest BCUT2D eigenvalue weighted by Gasteiger charge is 2.49. The Hall–Kier alpha value is -4.01. The summed E-state index contributed by atoms with van der Waals surface area (Å²) >= 11 is 1.30. The highest BCUT2D eigenvalue weighted by atomic mass is 32.1. The van der Waals surface area contributed by atoms with Gasteiger partial charge in [0.2, 0.25) is 0 Å². The molecule has 1 spiro atoms. The lowest BCUT2D eigenvalue weighted by Crippen LogP contribution is -2.58. The van der Waals surface area contributed by atoms with E-state index in [2.05, 4.69) is 41.5 Å². The van der Waals surface area contributed by atoms with E-state index < -0.39 is 6.10 Å². The van der Waals surface area contributed by atoms with Crippen molar-refractivity contribution >= 4 is 39.5 Å². The lowest BCUT2D eigenvalue weighted by molar-refractivity contribution is -0.138. The third-order valence-electron chi connectivity index (χ3n) is 8.23. The van der Waals surface area contributed by atoms with Crippen LogP contribution in [0.25, 0.3) is 16.9 Å². The Morgan fingerprint density at radius 3 is 2.66 bits per heavy atom. The fraction of sp³-hybridized carbons (Fsp3) is 0.400. The number of hydrogen-bond acceptors (Lipinski definition) is 8. The zero-order valence-electron chi connectivity index (χ0n) is 23.6. The number of benzene rings is 1. The highest BCUT2D eigenvalue weighted by Crippen LogP contribution is 2.43. The van der Waals surface area contributed by atoms with Crippen molar-refractivity contribution in [3.8, 4) is 17.3 Å². The minimum Gasteiger partial charge on any atom is -0.384 e. The van der Waals surface area contributed by atoms with Gasteiger partial charge in [-0.1, -0.05) is 18.3 Å². The molecule has 41 heavy (non-hydrogen) atoms. The molecule has 11 heteroatoms. The molecule has 212 valence electrons.